The minimum Gasteiger partial charge on any atom is -0.279 e. The Hall–Kier alpha value is -2.79. The SMILES string of the molecule is CC(=C\c1ccccc1)/C=C1/SC2N=C(C(C)c3ccc(CC(C)C)cc3)NN2C1=O. The average molecular weight is 432 g/mol. The maximum atomic E-state index is 12.9. The average Bonchev–Trinajstić information content (AvgIpc) is 3.28. The van der Waals surface area contributed by atoms with E-state index in [1.807, 2.05) is 31.2 Å². The second kappa shape index (κ2) is 9.15. The van der Waals surface area contributed by atoms with Gasteiger partial charge in [-0.15, -0.1) is 0 Å². The lowest BCUT2D eigenvalue weighted by molar-refractivity contribution is -0.127. The summed E-state index contributed by atoms with van der Waals surface area (Å²) < 4.78 is 0. The van der Waals surface area contributed by atoms with Crippen LogP contribution in [0.1, 0.15) is 50.3 Å². The number of thioether (sulfide) groups is 1. The fraction of sp³-hybridized carbons (Fsp3) is 0.308. The van der Waals surface area contributed by atoms with Gasteiger partial charge in [0.15, 0.2) is 5.50 Å². The van der Waals surface area contributed by atoms with Gasteiger partial charge in [-0.2, -0.15) is 0 Å². The summed E-state index contributed by atoms with van der Waals surface area (Å²) in [6.07, 6.45) is 5.12. The number of carbonyl (C=O) groups excluding carboxylic acids is 1. The van der Waals surface area contributed by atoms with Gasteiger partial charge in [-0.25, -0.2) is 10.0 Å². The fourth-order valence-electron chi connectivity index (χ4n) is 3.83. The lowest BCUT2D eigenvalue weighted by Crippen LogP contribution is -2.41. The Bertz CT molecular complexity index is 1040. The highest BCUT2D eigenvalue weighted by molar-refractivity contribution is 8.05. The van der Waals surface area contributed by atoms with Crippen molar-refractivity contribution < 1.29 is 4.79 Å². The Kier molecular flexibility index (Phi) is 6.33. The maximum Gasteiger partial charge on any atom is 0.281 e. The Morgan fingerprint density at radius 1 is 1.13 bits per heavy atom. The van der Waals surface area contributed by atoms with Crippen molar-refractivity contribution in [1.29, 1.82) is 0 Å². The van der Waals surface area contributed by atoms with Crippen LogP contribution in [0.4, 0.5) is 0 Å². The van der Waals surface area contributed by atoms with Crippen LogP contribution in [0.5, 0.6) is 0 Å². The summed E-state index contributed by atoms with van der Waals surface area (Å²) >= 11 is 1.50. The molecule has 1 fully saturated rings. The predicted molar refractivity (Wildman–Crippen MR) is 130 cm³/mol. The molecule has 1 N–H and O–H groups in total. The van der Waals surface area contributed by atoms with Gasteiger partial charge in [0.25, 0.3) is 5.91 Å². The van der Waals surface area contributed by atoms with Gasteiger partial charge >= 0.3 is 0 Å². The summed E-state index contributed by atoms with van der Waals surface area (Å²) in [5.74, 6) is 1.58. The molecular formula is C26H29N3OS. The number of rotatable bonds is 6. The van der Waals surface area contributed by atoms with Crippen LogP contribution in [0.25, 0.3) is 6.08 Å². The van der Waals surface area contributed by atoms with E-state index in [9.17, 15) is 4.79 Å². The number of hydrazine groups is 1. The van der Waals surface area contributed by atoms with Gasteiger partial charge in [-0.05, 0) is 47.6 Å². The number of carbonyl (C=O) groups is 1. The first-order chi connectivity index (χ1) is 14.9. The molecule has 2 aromatic rings. The number of nitrogens with zero attached hydrogens (tertiary/aromatic N) is 2. The second-order valence-electron chi connectivity index (χ2n) is 8.61. The van der Waals surface area contributed by atoms with E-state index in [4.69, 9.17) is 4.99 Å². The maximum absolute atomic E-state index is 12.9. The first-order valence-electron chi connectivity index (χ1n) is 10.8. The number of amides is 1. The number of amidine groups is 1. The van der Waals surface area contributed by atoms with Crippen LogP contribution in [-0.4, -0.2) is 22.2 Å². The van der Waals surface area contributed by atoms with E-state index in [2.05, 4.69) is 68.7 Å². The van der Waals surface area contributed by atoms with E-state index in [1.165, 1.54) is 22.9 Å². The summed E-state index contributed by atoms with van der Waals surface area (Å²) in [5, 5.41) is 1.64. The third kappa shape index (κ3) is 4.93. The van der Waals surface area contributed by atoms with Crippen LogP contribution in [-0.2, 0) is 11.2 Å². The normalized spacial score (nSPS) is 20.8. The van der Waals surface area contributed by atoms with Crippen molar-refractivity contribution in [3.05, 3.63) is 87.8 Å². The Labute approximate surface area is 189 Å². The Morgan fingerprint density at radius 3 is 2.48 bits per heavy atom. The zero-order valence-electron chi connectivity index (χ0n) is 18.5. The number of benzene rings is 2. The van der Waals surface area contributed by atoms with Gasteiger partial charge in [0.1, 0.15) is 5.84 Å². The Balaban J connectivity index is 1.45. The molecule has 0 spiro atoms. The number of nitrogens with one attached hydrogen (secondary N) is 1. The number of allylic oxidation sites excluding steroid dienone is 2. The van der Waals surface area contributed by atoms with Crippen molar-refractivity contribution in [1.82, 2.24) is 10.4 Å². The van der Waals surface area contributed by atoms with Crippen molar-refractivity contribution in [3.8, 4) is 0 Å². The molecule has 4 rings (SSSR count). The van der Waals surface area contributed by atoms with Gasteiger partial charge < -0.3 is 0 Å². The van der Waals surface area contributed by atoms with Gasteiger partial charge in [-0.1, -0.05) is 93.2 Å². The highest BCUT2D eigenvalue weighted by atomic mass is 32.2. The van der Waals surface area contributed by atoms with Crippen LogP contribution in [0.2, 0.25) is 0 Å². The van der Waals surface area contributed by atoms with E-state index in [0.717, 1.165) is 28.3 Å². The minimum absolute atomic E-state index is 0.0194. The molecule has 0 radical (unpaired) electrons. The van der Waals surface area contributed by atoms with E-state index in [-0.39, 0.29) is 17.3 Å². The molecule has 2 aliphatic heterocycles. The van der Waals surface area contributed by atoms with Crippen LogP contribution in [0.15, 0.2) is 76.1 Å². The molecule has 1 amide bonds. The molecule has 4 nitrogen and oxygen atoms in total. The first kappa shape index (κ1) is 21.4. The Morgan fingerprint density at radius 2 is 1.84 bits per heavy atom. The molecule has 2 heterocycles. The summed E-state index contributed by atoms with van der Waals surface area (Å²) in [7, 11) is 0. The molecule has 0 aliphatic carbocycles. The summed E-state index contributed by atoms with van der Waals surface area (Å²) in [5.41, 5.74) is 7.74. The van der Waals surface area contributed by atoms with E-state index in [0.29, 0.717) is 5.92 Å². The highest BCUT2D eigenvalue weighted by Crippen LogP contribution is 2.38. The quantitative estimate of drug-likeness (QED) is 0.592. The number of hydrogen-bond acceptors (Lipinski definition) is 4. The number of aliphatic imine (C=N–C) groups is 1. The van der Waals surface area contributed by atoms with Crippen molar-refractivity contribution in [2.75, 3.05) is 0 Å². The first-order valence-corrected chi connectivity index (χ1v) is 11.7. The third-order valence-electron chi connectivity index (χ3n) is 5.45. The number of fused-ring (bicyclic) bond motifs is 1. The topological polar surface area (TPSA) is 44.7 Å². The summed E-state index contributed by atoms with van der Waals surface area (Å²) in [6.45, 7) is 8.61. The molecule has 2 atom stereocenters. The molecule has 0 saturated carbocycles. The van der Waals surface area contributed by atoms with Crippen LogP contribution < -0.4 is 5.43 Å². The molecule has 5 heteroatoms. The fourth-order valence-corrected chi connectivity index (χ4v) is 4.93. The van der Waals surface area contributed by atoms with Crippen molar-refractivity contribution in [3.63, 3.8) is 0 Å². The van der Waals surface area contributed by atoms with Gasteiger partial charge in [0, 0.05) is 5.92 Å². The molecule has 2 aliphatic rings. The molecular weight excluding hydrogens is 402 g/mol. The van der Waals surface area contributed by atoms with Crippen LogP contribution in [0.3, 0.4) is 0 Å². The second-order valence-corrected chi connectivity index (χ2v) is 9.71. The van der Waals surface area contributed by atoms with Gasteiger partial charge in [0.05, 0.1) is 4.91 Å². The standard InChI is InChI=1S/C26H29N3OS/c1-17(2)14-21-10-12-22(13-11-21)19(4)24-27-26-29(28-24)25(30)23(31-26)16-18(3)15-20-8-6-5-7-9-20/h5-13,15-17,19,26H,14H2,1-4H3,(H,27,28)/b18-15+,23-16+. The van der Waals surface area contributed by atoms with Crippen LogP contribution >= 0.6 is 11.8 Å². The van der Waals surface area contributed by atoms with E-state index in [1.54, 1.807) is 5.01 Å². The smallest absolute Gasteiger partial charge is 0.279 e. The van der Waals surface area contributed by atoms with Crippen molar-refractivity contribution in [2.45, 2.75) is 45.5 Å². The lowest BCUT2D eigenvalue weighted by Gasteiger charge is -2.17. The highest BCUT2D eigenvalue weighted by Gasteiger charge is 2.41. The molecule has 0 aromatic heterocycles. The molecule has 2 unspecified atom stereocenters. The van der Waals surface area contributed by atoms with Crippen LogP contribution in [0, 0.1) is 5.92 Å². The van der Waals surface area contributed by atoms with E-state index >= 15 is 0 Å². The van der Waals surface area contributed by atoms with Gasteiger partial charge in [0.2, 0.25) is 0 Å². The van der Waals surface area contributed by atoms with Gasteiger partial charge in [-0.3, -0.25) is 10.2 Å². The lowest BCUT2D eigenvalue weighted by atomic mass is 9.96. The molecule has 2 aromatic carbocycles. The van der Waals surface area contributed by atoms with Crippen molar-refractivity contribution in [2.24, 2.45) is 10.9 Å². The molecule has 31 heavy (non-hydrogen) atoms. The summed E-state index contributed by atoms with van der Waals surface area (Å²) in [6, 6.07) is 18.9. The summed E-state index contributed by atoms with van der Waals surface area (Å²) in [4.78, 5) is 18.4. The minimum atomic E-state index is -0.235. The third-order valence-corrected chi connectivity index (χ3v) is 6.53. The zero-order valence-corrected chi connectivity index (χ0v) is 19.3. The number of hydrogen-bond donors (Lipinski definition) is 1. The monoisotopic (exact) mass is 431 g/mol. The molecule has 160 valence electrons. The largest absolute Gasteiger partial charge is 0.281 e. The van der Waals surface area contributed by atoms with Crippen molar-refractivity contribution >= 4 is 29.6 Å². The van der Waals surface area contributed by atoms with E-state index < -0.39 is 0 Å². The molecule has 0 bridgehead atoms. The zero-order chi connectivity index (χ0) is 22.0. The predicted octanol–water partition coefficient (Wildman–Crippen LogP) is 5.75. The molecule has 1 saturated heterocycles.